The molecule has 1 heterocycles. The zero-order chi connectivity index (χ0) is 13.1. The molecule has 1 aromatic carbocycles. The number of aromatic carboxylic acids is 1. The summed E-state index contributed by atoms with van der Waals surface area (Å²) < 4.78 is 0. The van der Waals surface area contributed by atoms with Crippen LogP contribution in [0.25, 0.3) is 0 Å². The van der Waals surface area contributed by atoms with Gasteiger partial charge < -0.3 is 5.11 Å². The number of benzene rings is 1. The van der Waals surface area contributed by atoms with Crippen LogP contribution < -0.4 is 0 Å². The molecule has 2 rings (SSSR count). The van der Waals surface area contributed by atoms with Crippen LogP contribution in [-0.4, -0.2) is 21.0 Å². The molecule has 2 aromatic rings. The molecular weight excluding hydrogens is 248 g/mol. The van der Waals surface area contributed by atoms with E-state index in [1.165, 1.54) is 11.8 Å². The van der Waals surface area contributed by atoms with E-state index in [9.17, 15) is 4.79 Å². The molecule has 92 valence electrons. The van der Waals surface area contributed by atoms with Crippen LogP contribution in [0.3, 0.4) is 0 Å². The Hall–Kier alpha value is -1.88. The number of carbonyl (C=O) groups is 1. The van der Waals surface area contributed by atoms with E-state index in [4.69, 9.17) is 5.11 Å². The number of rotatable bonds is 3. The summed E-state index contributed by atoms with van der Waals surface area (Å²) in [5, 5.41) is 9.71. The summed E-state index contributed by atoms with van der Waals surface area (Å²) >= 11 is 1.26. The lowest BCUT2D eigenvalue weighted by molar-refractivity contribution is 0.0693. The van der Waals surface area contributed by atoms with Crippen molar-refractivity contribution in [3.63, 3.8) is 0 Å². The fourth-order valence-corrected chi connectivity index (χ4v) is 2.23. The maximum Gasteiger partial charge on any atom is 0.336 e. The maximum absolute atomic E-state index is 11.2. The van der Waals surface area contributed by atoms with E-state index in [1.54, 1.807) is 24.5 Å². The molecule has 0 fully saturated rings. The first kappa shape index (κ1) is 12.6. The Morgan fingerprint density at radius 3 is 2.44 bits per heavy atom. The van der Waals surface area contributed by atoms with E-state index in [-0.39, 0.29) is 5.56 Å². The van der Waals surface area contributed by atoms with Gasteiger partial charge in [-0.15, -0.1) is 0 Å². The van der Waals surface area contributed by atoms with Crippen LogP contribution in [0.2, 0.25) is 0 Å². The molecule has 4 nitrogen and oxygen atoms in total. The summed E-state index contributed by atoms with van der Waals surface area (Å²) in [7, 11) is 0. The second kappa shape index (κ2) is 5.18. The summed E-state index contributed by atoms with van der Waals surface area (Å²) in [5.41, 5.74) is 2.17. The third kappa shape index (κ3) is 2.87. The average molecular weight is 260 g/mol. The quantitative estimate of drug-likeness (QED) is 0.860. The third-order valence-electron chi connectivity index (χ3n) is 2.32. The number of carboxylic acid groups (broad SMARTS) is 1. The highest BCUT2D eigenvalue weighted by Crippen LogP contribution is 2.28. The van der Waals surface area contributed by atoms with Gasteiger partial charge in [0.1, 0.15) is 0 Å². The molecule has 18 heavy (non-hydrogen) atoms. The molecule has 1 N–H and O–H groups in total. The Bertz CT molecular complexity index is 582. The van der Waals surface area contributed by atoms with E-state index in [0.717, 1.165) is 11.1 Å². The van der Waals surface area contributed by atoms with Gasteiger partial charge in [0.2, 0.25) is 0 Å². The summed E-state index contributed by atoms with van der Waals surface area (Å²) in [5.74, 6) is -0.937. The number of aromatic nitrogens is 2. The fraction of sp³-hybridized carbons (Fsp3) is 0.154. The minimum absolute atomic E-state index is 0.282. The van der Waals surface area contributed by atoms with Crippen LogP contribution in [0.15, 0.2) is 40.6 Å². The van der Waals surface area contributed by atoms with E-state index < -0.39 is 5.97 Å². The summed E-state index contributed by atoms with van der Waals surface area (Å²) in [4.78, 5) is 20.1. The lowest BCUT2D eigenvalue weighted by Crippen LogP contribution is -2.00. The fourth-order valence-electron chi connectivity index (χ4n) is 1.43. The van der Waals surface area contributed by atoms with Crippen molar-refractivity contribution in [3.05, 3.63) is 47.3 Å². The molecule has 0 spiro atoms. The van der Waals surface area contributed by atoms with E-state index in [2.05, 4.69) is 9.97 Å². The lowest BCUT2D eigenvalue weighted by atomic mass is 10.1. The second-order valence-corrected chi connectivity index (χ2v) is 4.96. The van der Waals surface area contributed by atoms with Gasteiger partial charge in [-0.2, -0.15) is 0 Å². The van der Waals surface area contributed by atoms with Crippen molar-refractivity contribution in [2.75, 3.05) is 0 Å². The van der Waals surface area contributed by atoms with Crippen molar-refractivity contribution >= 4 is 17.7 Å². The van der Waals surface area contributed by atoms with Crippen molar-refractivity contribution < 1.29 is 9.90 Å². The summed E-state index contributed by atoms with van der Waals surface area (Å²) in [6.07, 6.45) is 3.42. The van der Waals surface area contributed by atoms with E-state index in [0.29, 0.717) is 10.1 Å². The first-order chi connectivity index (χ1) is 8.56. The van der Waals surface area contributed by atoms with Crippen LogP contribution in [0.5, 0.6) is 0 Å². The van der Waals surface area contributed by atoms with Crippen LogP contribution >= 0.6 is 11.8 Å². The molecule has 0 bridgehead atoms. The highest BCUT2D eigenvalue weighted by molar-refractivity contribution is 7.99. The van der Waals surface area contributed by atoms with Crippen molar-refractivity contribution in [3.8, 4) is 0 Å². The maximum atomic E-state index is 11.2. The zero-order valence-corrected chi connectivity index (χ0v) is 10.9. The molecule has 0 radical (unpaired) electrons. The lowest BCUT2D eigenvalue weighted by Gasteiger charge is -2.05. The number of aryl methyl sites for hydroxylation is 2. The molecular formula is C13H12N2O2S. The van der Waals surface area contributed by atoms with Gasteiger partial charge >= 0.3 is 5.97 Å². The van der Waals surface area contributed by atoms with Crippen LogP contribution in [0, 0.1) is 13.8 Å². The Morgan fingerprint density at radius 1 is 1.17 bits per heavy atom. The minimum Gasteiger partial charge on any atom is -0.478 e. The van der Waals surface area contributed by atoms with Crippen molar-refractivity contribution in [2.24, 2.45) is 0 Å². The monoisotopic (exact) mass is 260 g/mol. The molecule has 5 heteroatoms. The molecule has 0 unspecified atom stereocenters. The zero-order valence-electron chi connectivity index (χ0n) is 10.0. The minimum atomic E-state index is -0.937. The molecule has 0 atom stereocenters. The van der Waals surface area contributed by atoms with Gasteiger partial charge in [-0.1, -0.05) is 11.6 Å². The smallest absolute Gasteiger partial charge is 0.336 e. The molecule has 1 aromatic heterocycles. The molecule has 0 saturated heterocycles. The van der Waals surface area contributed by atoms with Crippen LogP contribution in [0.1, 0.15) is 21.5 Å². The summed E-state index contributed by atoms with van der Waals surface area (Å²) in [6.45, 7) is 3.77. The van der Waals surface area contributed by atoms with Crippen LogP contribution in [0.4, 0.5) is 0 Å². The van der Waals surface area contributed by atoms with E-state index in [1.807, 2.05) is 19.9 Å². The predicted molar refractivity (Wildman–Crippen MR) is 69.0 cm³/mol. The third-order valence-corrected chi connectivity index (χ3v) is 3.29. The Morgan fingerprint density at radius 2 is 1.83 bits per heavy atom. The Kier molecular flexibility index (Phi) is 3.62. The van der Waals surface area contributed by atoms with Gasteiger partial charge in [-0.3, -0.25) is 0 Å². The number of nitrogens with zero attached hydrogens (tertiary/aromatic N) is 2. The number of carboxylic acids is 1. The molecule has 0 aliphatic heterocycles. The van der Waals surface area contributed by atoms with Gasteiger partial charge in [0, 0.05) is 17.3 Å². The van der Waals surface area contributed by atoms with Gasteiger partial charge in [0.15, 0.2) is 5.16 Å². The largest absolute Gasteiger partial charge is 0.478 e. The van der Waals surface area contributed by atoms with Crippen molar-refractivity contribution in [1.82, 2.24) is 9.97 Å². The molecule has 0 saturated carbocycles. The van der Waals surface area contributed by atoms with Gasteiger partial charge in [0.25, 0.3) is 0 Å². The van der Waals surface area contributed by atoms with Gasteiger partial charge in [-0.05, 0) is 43.3 Å². The number of hydrogen-bond donors (Lipinski definition) is 1. The topological polar surface area (TPSA) is 63.1 Å². The van der Waals surface area contributed by atoms with Gasteiger partial charge in [0.05, 0.1) is 5.56 Å². The molecule has 0 amide bonds. The number of hydrogen-bond acceptors (Lipinski definition) is 4. The normalized spacial score (nSPS) is 10.3. The highest BCUT2D eigenvalue weighted by atomic mass is 32.2. The first-order valence-corrected chi connectivity index (χ1v) is 6.18. The first-order valence-electron chi connectivity index (χ1n) is 5.36. The summed E-state index contributed by atoms with van der Waals surface area (Å²) in [6, 6.07) is 5.31. The van der Waals surface area contributed by atoms with E-state index >= 15 is 0 Å². The van der Waals surface area contributed by atoms with Crippen molar-refractivity contribution in [1.29, 1.82) is 0 Å². The molecule has 0 aliphatic carbocycles. The molecule has 0 aliphatic rings. The second-order valence-electron chi connectivity index (χ2n) is 3.95. The average Bonchev–Trinajstić information content (AvgIpc) is 2.34. The Labute approximate surface area is 109 Å². The highest BCUT2D eigenvalue weighted by Gasteiger charge is 2.12. The standard InChI is InChI=1S/C13H12N2O2S/c1-8-3-4-11(10(5-8)12(16)17)18-13-14-6-9(2)7-15-13/h3-7H,1-2H3,(H,16,17). The van der Waals surface area contributed by atoms with Crippen LogP contribution in [-0.2, 0) is 0 Å². The predicted octanol–water partition coefficient (Wildman–Crippen LogP) is 2.94. The SMILES string of the molecule is Cc1cnc(Sc2ccc(C)cc2C(=O)O)nc1. The Balaban J connectivity index is 2.34. The van der Waals surface area contributed by atoms with Crippen molar-refractivity contribution in [2.45, 2.75) is 23.9 Å². The van der Waals surface area contributed by atoms with Gasteiger partial charge in [-0.25, -0.2) is 14.8 Å².